The van der Waals surface area contributed by atoms with E-state index < -0.39 is 11.9 Å². The lowest BCUT2D eigenvalue weighted by Gasteiger charge is -2.14. The summed E-state index contributed by atoms with van der Waals surface area (Å²) in [6.07, 6.45) is 0. The summed E-state index contributed by atoms with van der Waals surface area (Å²) in [4.78, 5) is 21.7. The second kappa shape index (κ2) is 8.95. The molecule has 0 amide bonds. The number of carboxylic acids is 2. The van der Waals surface area contributed by atoms with Crippen LogP contribution >= 0.6 is 0 Å². The quantitative estimate of drug-likeness (QED) is 0.829. The van der Waals surface area contributed by atoms with Crippen molar-refractivity contribution in [2.45, 2.75) is 34.6 Å². The number of carbonyl (C=O) groups is 2. The SMILES string of the molecule is CC(C)/C(C(=O)O)=C(\C(=O)O)C(C)C.Cc1ccccc1. The van der Waals surface area contributed by atoms with E-state index in [2.05, 4.69) is 19.1 Å². The van der Waals surface area contributed by atoms with Gasteiger partial charge in [0.1, 0.15) is 0 Å². The normalized spacial score (nSPS) is 11.6. The van der Waals surface area contributed by atoms with E-state index in [-0.39, 0.29) is 23.0 Å². The fourth-order valence-electron chi connectivity index (χ4n) is 1.88. The largest absolute Gasteiger partial charge is 0.478 e. The monoisotopic (exact) mass is 292 g/mol. The summed E-state index contributed by atoms with van der Waals surface area (Å²) >= 11 is 0. The molecule has 0 radical (unpaired) electrons. The molecule has 116 valence electrons. The predicted octanol–water partition coefficient (Wildman–Crippen LogP) is 3.76. The molecule has 0 unspecified atom stereocenters. The highest BCUT2D eigenvalue weighted by molar-refractivity contribution is 5.99. The Hall–Kier alpha value is -2.10. The van der Waals surface area contributed by atoms with Gasteiger partial charge in [0.2, 0.25) is 0 Å². The van der Waals surface area contributed by atoms with Crippen LogP contribution in [0.5, 0.6) is 0 Å². The van der Waals surface area contributed by atoms with Gasteiger partial charge in [-0.2, -0.15) is 0 Å². The van der Waals surface area contributed by atoms with Crippen LogP contribution in [0.4, 0.5) is 0 Å². The van der Waals surface area contributed by atoms with Crippen molar-refractivity contribution in [1.82, 2.24) is 0 Å². The van der Waals surface area contributed by atoms with Crippen molar-refractivity contribution in [1.29, 1.82) is 0 Å². The third-order valence-corrected chi connectivity index (χ3v) is 2.85. The highest BCUT2D eigenvalue weighted by Gasteiger charge is 2.24. The van der Waals surface area contributed by atoms with Gasteiger partial charge < -0.3 is 10.2 Å². The van der Waals surface area contributed by atoms with E-state index >= 15 is 0 Å². The lowest BCUT2D eigenvalue weighted by Crippen LogP contribution is -2.18. The average Bonchev–Trinajstić information content (AvgIpc) is 2.35. The van der Waals surface area contributed by atoms with Gasteiger partial charge in [-0.25, -0.2) is 9.59 Å². The van der Waals surface area contributed by atoms with Crippen LogP contribution < -0.4 is 0 Å². The second-order valence-corrected chi connectivity index (χ2v) is 5.40. The van der Waals surface area contributed by atoms with Gasteiger partial charge in [0, 0.05) is 0 Å². The van der Waals surface area contributed by atoms with Crippen LogP contribution in [0.3, 0.4) is 0 Å². The molecule has 0 saturated heterocycles. The van der Waals surface area contributed by atoms with Gasteiger partial charge in [0.15, 0.2) is 0 Å². The molecule has 0 saturated carbocycles. The Bertz CT molecular complexity index is 471. The van der Waals surface area contributed by atoms with Gasteiger partial charge in [-0.1, -0.05) is 63.6 Å². The molecular weight excluding hydrogens is 268 g/mol. The van der Waals surface area contributed by atoms with Crippen molar-refractivity contribution in [2.75, 3.05) is 0 Å². The van der Waals surface area contributed by atoms with Gasteiger partial charge in [-0.05, 0) is 18.8 Å². The minimum atomic E-state index is -1.15. The molecule has 0 heterocycles. The van der Waals surface area contributed by atoms with Crippen LogP contribution in [0.25, 0.3) is 0 Å². The second-order valence-electron chi connectivity index (χ2n) is 5.40. The number of benzene rings is 1. The Morgan fingerprint density at radius 3 is 1.29 bits per heavy atom. The summed E-state index contributed by atoms with van der Waals surface area (Å²) in [7, 11) is 0. The van der Waals surface area contributed by atoms with E-state index in [1.54, 1.807) is 27.7 Å². The minimum absolute atomic E-state index is 0.00694. The molecule has 1 rings (SSSR count). The molecule has 0 aliphatic heterocycles. The minimum Gasteiger partial charge on any atom is -0.478 e. The van der Waals surface area contributed by atoms with Crippen LogP contribution in [0.15, 0.2) is 41.5 Å². The third-order valence-electron chi connectivity index (χ3n) is 2.85. The van der Waals surface area contributed by atoms with E-state index in [9.17, 15) is 9.59 Å². The van der Waals surface area contributed by atoms with E-state index in [4.69, 9.17) is 10.2 Å². The first-order chi connectivity index (χ1) is 9.68. The Morgan fingerprint density at radius 1 is 0.810 bits per heavy atom. The van der Waals surface area contributed by atoms with Crippen molar-refractivity contribution in [2.24, 2.45) is 11.8 Å². The fourth-order valence-corrected chi connectivity index (χ4v) is 1.88. The molecular formula is C17H24O4. The van der Waals surface area contributed by atoms with Crippen molar-refractivity contribution in [3.8, 4) is 0 Å². The zero-order chi connectivity index (χ0) is 16.6. The zero-order valence-corrected chi connectivity index (χ0v) is 13.3. The number of rotatable bonds is 4. The molecule has 0 aliphatic carbocycles. The topological polar surface area (TPSA) is 74.6 Å². The zero-order valence-electron chi connectivity index (χ0n) is 13.3. The van der Waals surface area contributed by atoms with Crippen molar-refractivity contribution in [3.05, 3.63) is 47.0 Å². The molecule has 21 heavy (non-hydrogen) atoms. The van der Waals surface area contributed by atoms with Gasteiger partial charge in [0.25, 0.3) is 0 Å². The van der Waals surface area contributed by atoms with Crippen LogP contribution in [-0.4, -0.2) is 22.2 Å². The highest BCUT2D eigenvalue weighted by Crippen LogP contribution is 2.21. The molecule has 0 fully saturated rings. The predicted molar refractivity (Wildman–Crippen MR) is 83.2 cm³/mol. The van der Waals surface area contributed by atoms with E-state index in [1.165, 1.54) is 5.56 Å². The smallest absolute Gasteiger partial charge is 0.332 e. The van der Waals surface area contributed by atoms with Crippen molar-refractivity contribution < 1.29 is 19.8 Å². The molecule has 0 aromatic heterocycles. The fraction of sp³-hybridized carbons (Fsp3) is 0.412. The molecule has 4 nitrogen and oxygen atoms in total. The molecule has 1 aromatic carbocycles. The molecule has 0 atom stereocenters. The molecule has 0 spiro atoms. The maximum atomic E-state index is 10.9. The first-order valence-electron chi connectivity index (χ1n) is 6.90. The summed E-state index contributed by atoms with van der Waals surface area (Å²) < 4.78 is 0. The third kappa shape index (κ3) is 6.75. The maximum absolute atomic E-state index is 10.9. The van der Waals surface area contributed by atoms with Gasteiger partial charge in [-0.15, -0.1) is 0 Å². The molecule has 0 bridgehead atoms. The number of aryl methyl sites for hydroxylation is 1. The first kappa shape index (κ1) is 18.9. The average molecular weight is 292 g/mol. The maximum Gasteiger partial charge on any atom is 0.332 e. The first-order valence-corrected chi connectivity index (χ1v) is 6.90. The number of carboxylic acid groups (broad SMARTS) is 2. The molecule has 1 aromatic rings. The van der Waals surface area contributed by atoms with Gasteiger partial charge in [0.05, 0.1) is 11.1 Å². The summed E-state index contributed by atoms with van der Waals surface area (Å²) in [5.74, 6) is -2.88. The Balaban J connectivity index is 0.000000471. The van der Waals surface area contributed by atoms with E-state index in [0.29, 0.717) is 0 Å². The van der Waals surface area contributed by atoms with Crippen LogP contribution in [0.2, 0.25) is 0 Å². The Labute approximate surface area is 126 Å². The molecule has 4 heteroatoms. The number of hydrogen-bond acceptors (Lipinski definition) is 2. The van der Waals surface area contributed by atoms with Crippen LogP contribution in [0.1, 0.15) is 33.3 Å². The molecule has 0 aliphatic rings. The lowest BCUT2D eigenvalue weighted by molar-refractivity contribution is -0.136. The standard InChI is InChI=1S/C10H16O4.C7H8/c1-5(2)7(9(11)12)8(6(3)4)10(13)14;1-7-5-3-2-4-6-7/h5-6H,1-4H3,(H,11,12)(H,13,14);2-6H,1H3/b8-7+;. The lowest BCUT2D eigenvalue weighted by atomic mass is 9.90. The Kier molecular flexibility index (Phi) is 8.06. The van der Waals surface area contributed by atoms with E-state index in [1.807, 2.05) is 18.2 Å². The van der Waals surface area contributed by atoms with Crippen LogP contribution in [0, 0.1) is 18.8 Å². The van der Waals surface area contributed by atoms with Gasteiger partial charge >= 0.3 is 11.9 Å². The number of hydrogen-bond donors (Lipinski definition) is 2. The molecule has 2 N–H and O–H groups in total. The summed E-state index contributed by atoms with van der Waals surface area (Å²) in [5.41, 5.74) is 1.31. The summed E-state index contributed by atoms with van der Waals surface area (Å²) in [5, 5.41) is 17.8. The van der Waals surface area contributed by atoms with E-state index in [0.717, 1.165) is 0 Å². The highest BCUT2D eigenvalue weighted by atomic mass is 16.4. The Morgan fingerprint density at radius 2 is 1.14 bits per heavy atom. The van der Waals surface area contributed by atoms with Gasteiger partial charge in [-0.3, -0.25) is 0 Å². The summed E-state index contributed by atoms with van der Waals surface area (Å²) in [6.45, 7) is 8.78. The van der Waals surface area contributed by atoms with Crippen molar-refractivity contribution >= 4 is 11.9 Å². The van der Waals surface area contributed by atoms with Crippen LogP contribution in [-0.2, 0) is 9.59 Å². The number of aliphatic carboxylic acids is 2. The summed E-state index contributed by atoms with van der Waals surface area (Å²) in [6, 6.07) is 10.3. The van der Waals surface area contributed by atoms with Crippen molar-refractivity contribution in [3.63, 3.8) is 0 Å².